The highest BCUT2D eigenvalue weighted by atomic mass is 16.6. The number of nitrogens with one attached hydrogen (secondary N) is 1. The molecule has 108 valence electrons. The molecule has 0 spiro atoms. The number of hydrogen-bond donors (Lipinski definition) is 1. The quantitative estimate of drug-likeness (QED) is 0.876. The maximum absolute atomic E-state index is 12.2. The molecule has 0 unspecified atom stereocenters. The summed E-state index contributed by atoms with van der Waals surface area (Å²) in [5.74, 6) is 0.355. The average molecular weight is 278 g/mol. The number of amides is 2. The van der Waals surface area contributed by atoms with Crippen LogP contribution in [-0.4, -0.2) is 40.2 Å². The standard InChI is InChI=1S/C13H18N4O3/c1-13(2,3)20-12(19)16-9-5-7-17(11(9)18)10-4-6-14-8-15-10/h4,6,8-9H,5,7H2,1-3H3,(H,16,19)/t9-/m0/s1. The normalized spacial score (nSPS) is 19.1. The maximum Gasteiger partial charge on any atom is 0.408 e. The molecule has 0 aromatic carbocycles. The third-order valence-electron chi connectivity index (χ3n) is 2.74. The number of anilines is 1. The van der Waals surface area contributed by atoms with E-state index in [1.165, 1.54) is 11.2 Å². The van der Waals surface area contributed by atoms with Crippen molar-refractivity contribution < 1.29 is 14.3 Å². The predicted octanol–water partition coefficient (Wildman–Crippen LogP) is 1.11. The summed E-state index contributed by atoms with van der Waals surface area (Å²) < 4.78 is 5.14. The average Bonchev–Trinajstić information content (AvgIpc) is 2.70. The molecule has 1 aromatic rings. The van der Waals surface area contributed by atoms with Gasteiger partial charge in [-0.3, -0.25) is 9.69 Å². The summed E-state index contributed by atoms with van der Waals surface area (Å²) in [6, 6.07) is 1.09. The van der Waals surface area contributed by atoms with Crippen LogP contribution >= 0.6 is 0 Å². The molecule has 1 fully saturated rings. The van der Waals surface area contributed by atoms with Gasteiger partial charge in [-0.2, -0.15) is 0 Å². The Bertz CT molecular complexity index is 498. The van der Waals surface area contributed by atoms with Crippen LogP contribution in [0.5, 0.6) is 0 Å². The van der Waals surface area contributed by atoms with E-state index in [9.17, 15) is 9.59 Å². The predicted molar refractivity (Wildman–Crippen MR) is 72.2 cm³/mol. The zero-order chi connectivity index (χ0) is 14.8. The summed E-state index contributed by atoms with van der Waals surface area (Å²) in [7, 11) is 0. The van der Waals surface area contributed by atoms with Crippen LogP contribution in [0.3, 0.4) is 0 Å². The highest BCUT2D eigenvalue weighted by Crippen LogP contribution is 2.18. The smallest absolute Gasteiger partial charge is 0.408 e. The topological polar surface area (TPSA) is 84.4 Å². The van der Waals surface area contributed by atoms with Crippen molar-refractivity contribution in [2.75, 3.05) is 11.4 Å². The third kappa shape index (κ3) is 3.43. The SMILES string of the molecule is CC(C)(C)OC(=O)N[C@H]1CCN(c2ccncn2)C1=O. The van der Waals surface area contributed by atoms with Crippen molar-refractivity contribution >= 4 is 17.8 Å². The van der Waals surface area contributed by atoms with Crippen molar-refractivity contribution in [3.05, 3.63) is 18.6 Å². The van der Waals surface area contributed by atoms with Crippen LogP contribution in [0, 0.1) is 0 Å². The molecule has 20 heavy (non-hydrogen) atoms. The summed E-state index contributed by atoms with van der Waals surface area (Å²) in [5, 5.41) is 2.59. The number of carbonyl (C=O) groups excluding carboxylic acids is 2. The lowest BCUT2D eigenvalue weighted by atomic mass is 10.2. The molecule has 1 atom stereocenters. The van der Waals surface area contributed by atoms with E-state index in [0.29, 0.717) is 18.8 Å². The summed E-state index contributed by atoms with van der Waals surface area (Å²) in [6.45, 7) is 5.83. The van der Waals surface area contributed by atoms with Crippen LogP contribution in [0.15, 0.2) is 18.6 Å². The minimum absolute atomic E-state index is 0.186. The number of ether oxygens (including phenoxy) is 1. The van der Waals surface area contributed by atoms with Gasteiger partial charge in [0.2, 0.25) is 0 Å². The van der Waals surface area contributed by atoms with Crippen LogP contribution in [0.2, 0.25) is 0 Å². The fraction of sp³-hybridized carbons (Fsp3) is 0.538. The second-order valence-electron chi connectivity index (χ2n) is 5.54. The van der Waals surface area contributed by atoms with E-state index >= 15 is 0 Å². The van der Waals surface area contributed by atoms with E-state index in [-0.39, 0.29) is 5.91 Å². The summed E-state index contributed by atoms with van der Waals surface area (Å²) in [5.41, 5.74) is -0.585. The molecular formula is C13H18N4O3. The number of carbonyl (C=O) groups is 2. The molecule has 2 amide bonds. The Balaban J connectivity index is 1.97. The molecular weight excluding hydrogens is 260 g/mol. The molecule has 7 nitrogen and oxygen atoms in total. The van der Waals surface area contributed by atoms with Crippen LogP contribution in [0.1, 0.15) is 27.2 Å². The number of aromatic nitrogens is 2. The molecule has 1 saturated heterocycles. The van der Waals surface area contributed by atoms with E-state index in [2.05, 4.69) is 15.3 Å². The molecule has 2 rings (SSSR count). The lowest BCUT2D eigenvalue weighted by Crippen LogP contribution is -2.43. The highest BCUT2D eigenvalue weighted by Gasteiger charge is 2.35. The molecule has 0 bridgehead atoms. The van der Waals surface area contributed by atoms with Gasteiger partial charge in [0.1, 0.15) is 23.8 Å². The van der Waals surface area contributed by atoms with Gasteiger partial charge in [-0.15, -0.1) is 0 Å². The van der Waals surface area contributed by atoms with Crippen molar-refractivity contribution in [3.63, 3.8) is 0 Å². The van der Waals surface area contributed by atoms with Crippen LogP contribution in [-0.2, 0) is 9.53 Å². The van der Waals surface area contributed by atoms with Gasteiger partial charge in [0, 0.05) is 12.7 Å². The van der Waals surface area contributed by atoms with Crippen molar-refractivity contribution in [1.82, 2.24) is 15.3 Å². The van der Waals surface area contributed by atoms with Gasteiger partial charge in [-0.25, -0.2) is 14.8 Å². The Morgan fingerprint density at radius 2 is 2.25 bits per heavy atom. The van der Waals surface area contributed by atoms with Gasteiger partial charge in [-0.1, -0.05) is 0 Å². The molecule has 1 aromatic heterocycles. The van der Waals surface area contributed by atoms with Gasteiger partial charge in [0.15, 0.2) is 0 Å². The number of alkyl carbamates (subject to hydrolysis) is 1. The first-order valence-electron chi connectivity index (χ1n) is 6.44. The van der Waals surface area contributed by atoms with Crippen molar-refractivity contribution in [3.8, 4) is 0 Å². The molecule has 7 heteroatoms. The van der Waals surface area contributed by atoms with Gasteiger partial charge in [-0.05, 0) is 33.3 Å². The van der Waals surface area contributed by atoms with E-state index < -0.39 is 17.7 Å². The molecule has 1 N–H and O–H groups in total. The molecule has 1 aliphatic heterocycles. The minimum atomic E-state index is -0.585. The van der Waals surface area contributed by atoms with Crippen molar-refractivity contribution in [1.29, 1.82) is 0 Å². The zero-order valence-electron chi connectivity index (χ0n) is 11.8. The van der Waals surface area contributed by atoms with Crippen molar-refractivity contribution in [2.45, 2.75) is 38.8 Å². The van der Waals surface area contributed by atoms with Crippen LogP contribution in [0.25, 0.3) is 0 Å². The Morgan fingerprint density at radius 3 is 2.85 bits per heavy atom. The lowest BCUT2D eigenvalue weighted by Gasteiger charge is -2.21. The van der Waals surface area contributed by atoms with E-state index in [1.54, 1.807) is 33.0 Å². The maximum atomic E-state index is 12.2. The first kappa shape index (κ1) is 14.2. The molecule has 0 radical (unpaired) electrons. The molecule has 1 aliphatic rings. The first-order chi connectivity index (χ1) is 9.37. The monoisotopic (exact) mass is 278 g/mol. The van der Waals surface area contributed by atoms with E-state index in [0.717, 1.165) is 0 Å². The van der Waals surface area contributed by atoms with Gasteiger partial charge < -0.3 is 10.1 Å². The molecule has 2 heterocycles. The Labute approximate surface area is 117 Å². The van der Waals surface area contributed by atoms with Gasteiger partial charge >= 0.3 is 6.09 Å². The van der Waals surface area contributed by atoms with Crippen LogP contribution in [0.4, 0.5) is 10.6 Å². The van der Waals surface area contributed by atoms with E-state index in [4.69, 9.17) is 4.74 Å². The van der Waals surface area contributed by atoms with E-state index in [1.807, 2.05) is 0 Å². The van der Waals surface area contributed by atoms with Crippen LogP contribution < -0.4 is 10.2 Å². The number of nitrogens with zero attached hydrogens (tertiary/aromatic N) is 3. The summed E-state index contributed by atoms with van der Waals surface area (Å²) in [4.78, 5) is 33.3. The van der Waals surface area contributed by atoms with Crippen molar-refractivity contribution in [2.24, 2.45) is 0 Å². The number of rotatable bonds is 2. The first-order valence-corrected chi connectivity index (χ1v) is 6.44. The summed E-state index contributed by atoms with van der Waals surface area (Å²) >= 11 is 0. The highest BCUT2D eigenvalue weighted by molar-refractivity contribution is 6.00. The third-order valence-corrected chi connectivity index (χ3v) is 2.74. The minimum Gasteiger partial charge on any atom is -0.444 e. The van der Waals surface area contributed by atoms with Gasteiger partial charge in [0.05, 0.1) is 0 Å². The fourth-order valence-corrected chi connectivity index (χ4v) is 1.93. The summed E-state index contributed by atoms with van der Waals surface area (Å²) in [6.07, 6.45) is 2.91. The second kappa shape index (κ2) is 5.44. The zero-order valence-corrected chi connectivity index (χ0v) is 11.8. The Kier molecular flexibility index (Phi) is 3.87. The fourth-order valence-electron chi connectivity index (χ4n) is 1.93. The molecule has 0 aliphatic carbocycles. The lowest BCUT2D eigenvalue weighted by molar-refractivity contribution is -0.118. The largest absolute Gasteiger partial charge is 0.444 e. The van der Waals surface area contributed by atoms with Gasteiger partial charge in [0.25, 0.3) is 5.91 Å². The molecule has 0 saturated carbocycles. The Hall–Kier alpha value is -2.18. The Morgan fingerprint density at radius 1 is 1.50 bits per heavy atom. The number of hydrogen-bond acceptors (Lipinski definition) is 5. The second-order valence-corrected chi connectivity index (χ2v) is 5.54.